The molecule has 4 nitrogen and oxygen atoms in total. The highest BCUT2D eigenvalue weighted by atomic mass is 16.3. The van der Waals surface area contributed by atoms with Crippen LogP contribution in [0.1, 0.15) is 0 Å². The van der Waals surface area contributed by atoms with E-state index < -0.39 is 0 Å². The van der Waals surface area contributed by atoms with E-state index in [1.165, 1.54) is 0 Å². The zero-order chi connectivity index (χ0) is 35.1. The molecule has 4 heteroatoms. The van der Waals surface area contributed by atoms with E-state index in [9.17, 15) is 0 Å². The minimum Gasteiger partial charge on any atom is -0.456 e. The van der Waals surface area contributed by atoms with Crippen LogP contribution in [0.3, 0.4) is 0 Å². The van der Waals surface area contributed by atoms with E-state index in [0.29, 0.717) is 5.89 Å². The monoisotopic (exact) mass is 680 g/mol. The highest BCUT2D eigenvalue weighted by Crippen LogP contribution is 2.44. The number of para-hydroxylation sites is 2. The number of nitrogens with zero attached hydrogens (tertiary/aromatic N) is 2. The molecular formula is C49H32N2O2. The molecule has 0 spiro atoms. The van der Waals surface area contributed by atoms with Gasteiger partial charge >= 0.3 is 0 Å². The number of aromatic nitrogens is 1. The molecular weight excluding hydrogens is 649 g/mol. The van der Waals surface area contributed by atoms with Crippen molar-refractivity contribution in [3.63, 3.8) is 0 Å². The Labute approximate surface area is 306 Å². The minimum atomic E-state index is 0.604. The Morgan fingerprint density at radius 1 is 0.377 bits per heavy atom. The van der Waals surface area contributed by atoms with Crippen molar-refractivity contribution in [2.75, 3.05) is 4.90 Å². The van der Waals surface area contributed by atoms with E-state index in [-0.39, 0.29) is 0 Å². The molecule has 0 N–H and O–H groups in total. The van der Waals surface area contributed by atoms with E-state index in [1.807, 2.05) is 48.5 Å². The summed E-state index contributed by atoms with van der Waals surface area (Å²) in [6.07, 6.45) is 0. The zero-order valence-electron chi connectivity index (χ0n) is 28.7. The van der Waals surface area contributed by atoms with Gasteiger partial charge in [-0.2, -0.15) is 0 Å². The van der Waals surface area contributed by atoms with Crippen molar-refractivity contribution < 1.29 is 8.83 Å². The highest BCUT2D eigenvalue weighted by Gasteiger charge is 2.21. The van der Waals surface area contributed by atoms with Crippen LogP contribution in [0.15, 0.2) is 203 Å². The van der Waals surface area contributed by atoms with Crippen LogP contribution in [0.25, 0.3) is 77.9 Å². The molecule has 0 saturated heterocycles. The second kappa shape index (κ2) is 12.9. The lowest BCUT2D eigenvalue weighted by atomic mass is 9.97. The fourth-order valence-electron chi connectivity index (χ4n) is 7.39. The third kappa shape index (κ3) is 5.45. The van der Waals surface area contributed by atoms with Crippen molar-refractivity contribution in [1.29, 1.82) is 0 Å². The van der Waals surface area contributed by atoms with Crippen LogP contribution in [0.5, 0.6) is 0 Å². The number of hydrogen-bond donors (Lipinski definition) is 0. The molecule has 0 saturated carbocycles. The quantitative estimate of drug-likeness (QED) is 0.168. The lowest BCUT2D eigenvalue weighted by molar-refractivity contribution is 0.621. The summed E-state index contributed by atoms with van der Waals surface area (Å²) in [6, 6.07) is 67.4. The predicted octanol–water partition coefficient (Wildman–Crippen LogP) is 13.9. The molecule has 0 radical (unpaired) electrons. The second-order valence-electron chi connectivity index (χ2n) is 13.1. The number of benzene rings is 8. The van der Waals surface area contributed by atoms with Crippen LogP contribution < -0.4 is 4.90 Å². The summed E-state index contributed by atoms with van der Waals surface area (Å²) >= 11 is 0. The highest BCUT2D eigenvalue weighted by molar-refractivity contribution is 6.07. The van der Waals surface area contributed by atoms with Gasteiger partial charge in [0.1, 0.15) is 16.7 Å². The third-order valence-electron chi connectivity index (χ3n) is 9.93. The first-order chi connectivity index (χ1) is 26.3. The molecule has 10 rings (SSSR count). The van der Waals surface area contributed by atoms with Crippen molar-refractivity contribution in [3.05, 3.63) is 194 Å². The van der Waals surface area contributed by atoms with Crippen LogP contribution in [0, 0.1) is 0 Å². The first-order valence-electron chi connectivity index (χ1n) is 17.8. The molecule has 2 heterocycles. The molecule has 2 aromatic heterocycles. The molecule has 0 aliphatic carbocycles. The second-order valence-corrected chi connectivity index (χ2v) is 13.1. The number of fused-ring (bicyclic) bond motifs is 4. The van der Waals surface area contributed by atoms with Gasteiger partial charge in [-0.25, -0.2) is 4.98 Å². The molecule has 0 fully saturated rings. The number of oxazole rings is 1. The average Bonchev–Trinajstić information content (AvgIpc) is 3.85. The maximum Gasteiger partial charge on any atom is 0.227 e. The first-order valence-corrected chi connectivity index (χ1v) is 17.8. The van der Waals surface area contributed by atoms with Gasteiger partial charge in [-0.05, 0) is 77.4 Å². The van der Waals surface area contributed by atoms with Crippen molar-refractivity contribution in [2.45, 2.75) is 0 Å². The molecule has 10 aromatic rings. The molecule has 0 unspecified atom stereocenters. The Bertz CT molecular complexity index is 2870. The minimum absolute atomic E-state index is 0.604. The van der Waals surface area contributed by atoms with Gasteiger partial charge in [0.15, 0.2) is 5.58 Å². The smallest absolute Gasteiger partial charge is 0.227 e. The van der Waals surface area contributed by atoms with E-state index in [1.54, 1.807) is 0 Å². The van der Waals surface area contributed by atoms with Crippen LogP contribution in [-0.4, -0.2) is 4.98 Å². The summed E-state index contributed by atoms with van der Waals surface area (Å²) < 4.78 is 12.8. The van der Waals surface area contributed by atoms with Gasteiger partial charge in [-0.3, -0.25) is 0 Å². The lowest BCUT2D eigenvalue weighted by Crippen LogP contribution is -2.11. The van der Waals surface area contributed by atoms with Gasteiger partial charge in [-0.15, -0.1) is 0 Å². The van der Waals surface area contributed by atoms with Crippen LogP contribution >= 0.6 is 0 Å². The fourth-order valence-corrected chi connectivity index (χ4v) is 7.39. The van der Waals surface area contributed by atoms with Crippen LogP contribution in [-0.2, 0) is 0 Å². The summed E-state index contributed by atoms with van der Waals surface area (Å²) in [5.41, 5.74) is 13.9. The summed E-state index contributed by atoms with van der Waals surface area (Å²) in [5, 5.41) is 2.18. The normalized spacial score (nSPS) is 11.4. The molecule has 0 bridgehead atoms. The molecule has 0 amide bonds. The summed E-state index contributed by atoms with van der Waals surface area (Å²) in [6.45, 7) is 0. The lowest BCUT2D eigenvalue weighted by Gasteiger charge is -2.28. The maximum atomic E-state index is 6.62. The molecule has 0 aliphatic heterocycles. The van der Waals surface area contributed by atoms with E-state index in [4.69, 9.17) is 13.8 Å². The van der Waals surface area contributed by atoms with Gasteiger partial charge in [-0.1, -0.05) is 133 Å². The third-order valence-corrected chi connectivity index (χ3v) is 9.93. The Hall–Kier alpha value is -7.17. The number of anilines is 3. The first kappa shape index (κ1) is 30.6. The van der Waals surface area contributed by atoms with Crippen molar-refractivity contribution in [2.24, 2.45) is 0 Å². The molecule has 0 aliphatic rings. The molecule has 8 aromatic carbocycles. The average molecular weight is 681 g/mol. The molecule has 53 heavy (non-hydrogen) atoms. The Balaban J connectivity index is 1.13. The zero-order valence-corrected chi connectivity index (χ0v) is 28.7. The SMILES string of the molecule is c1ccc(-c2nc3c(-c4ccccc4)ccc(-c4ccc(N(c5ccc6oc7ccccc7c6c5)c5ccccc5-c5ccccc5)cc4)c3o2)cc1. The summed E-state index contributed by atoms with van der Waals surface area (Å²) in [5.74, 6) is 0.604. The van der Waals surface area contributed by atoms with Crippen molar-refractivity contribution >= 4 is 50.1 Å². The van der Waals surface area contributed by atoms with Gasteiger partial charge in [0.05, 0.1) is 5.69 Å². The summed E-state index contributed by atoms with van der Waals surface area (Å²) in [7, 11) is 0. The largest absolute Gasteiger partial charge is 0.456 e. The van der Waals surface area contributed by atoms with Gasteiger partial charge in [0.2, 0.25) is 5.89 Å². The van der Waals surface area contributed by atoms with Gasteiger partial charge in [0.25, 0.3) is 0 Å². The Morgan fingerprint density at radius 3 is 1.70 bits per heavy atom. The fraction of sp³-hybridized carbons (Fsp3) is 0. The maximum absolute atomic E-state index is 6.62. The predicted molar refractivity (Wildman–Crippen MR) is 218 cm³/mol. The number of furan rings is 1. The van der Waals surface area contributed by atoms with Gasteiger partial charge in [0, 0.05) is 44.4 Å². The summed E-state index contributed by atoms with van der Waals surface area (Å²) in [4.78, 5) is 7.41. The number of rotatable bonds is 7. The van der Waals surface area contributed by atoms with Crippen molar-refractivity contribution in [3.8, 4) is 44.8 Å². The van der Waals surface area contributed by atoms with Crippen molar-refractivity contribution in [1.82, 2.24) is 4.98 Å². The van der Waals surface area contributed by atoms with Gasteiger partial charge < -0.3 is 13.7 Å². The van der Waals surface area contributed by atoms with Crippen LogP contribution in [0.4, 0.5) is 17.1 Å². The number of hydrogen-bond acceptors (Lipinski definition) is 4. The van der Waals surface area contributed by atoms with Crippen LogP contribution in [0.2, 0.25) is 0 Å². The molecule has 0 atom stereocenters. The standard InChI is InChI=1S/C49H32N2O2/c1-4-14-33(15-5-1)39-20-10-12-22-44(39)51(38-28-31-46-43(32-38)42-21-11-13-23-45(42)52-46)37-26-24-35(25-27-37)41-30-29-40(34-16-6-2-7-17-34)47-48(41)53-49(50-47)36-18-8-3-9-19-36/h1-32H. The Kier molecular flexibility index (Phi) is 7.43. The van der Waals surface area contributed by atoms with E-state index >= 15 is 0 Å². The Morgan fingerprint density at radius 2 is 0.943 bits per heavy atom. The van der Waals surface area contributed by atoms with E-state index in [0.717, 1.165) is 89.0 Å². The topological polar surface area (TPSA) is 42.4 Å². The molecule has 250 valence electrons. The van der Waals surface area contributed by atoms with E-state index in [2.05, 4.69) is 150 Å².